The predicted molar refractivity (Wildman–Crippen MR) is 60.2 cm³/mol. The Bertz CT molecular complexity index is 401. The van der Waals surface area contributed by atoms with E-state index in [0.29, 0.717) is 0 Å². The van der Waals surface area contributed by atoms with Crippen LogP contribution >= 0.6 is 22.6 Å². The second-order valence-electron chi connectivity index (χ2n) is 2.58. The van der Waals surface area contributed by atoms with Crippen LogP contribution in [0, 0.1) is 3.83 Å². The molecule has 2 aromatic rings. The number of benzene rings is 1. The van der Waals surface area contributed by atoms with Crippen LogP contribution in [0.3, 0.4) is 0 Å². The Morgan fingerprint density at radius 3 is 2.46 bits per heavy atom. The van der Waals surface area contributed by atoms with E-state index in [0.717, 1.165) is 15.1 Å². The molecule has 2 nitrogen and oxygen atoms in total. The van der Waals surface area contributed by atoms with Crippen LogP contribution in [0.5, 0.6) is 0 Å². The van der Waals surface area contributed by atoms with Gasteiger partial charge in [0.25, 0.3) is 0 Å². The molecule has 0 N–H and O–H groups in total. The number of hydrogen-bond donors (Lipinski definition) is 0. The molecule has 0 radical (unpaired) electrons. The highest BCUT2D eigenvalue weighted by Gasteiger charge is 1.97. The third-order valence-corrected chi connectivity index (χ3v) is 2.22. The molecule has 0 atom stereocenters. The van der Waals surface area contributed by atoms with Gasteiger partial charge in [-0.2, -0.15) is 0 Å². The molecule has 0 aliphatic heterocycles. The van der Waals surface area contributed by atoms with E-state index in [1.54, 1.807) is 6.20 Å². The second kappa shape index (κ2) is 3.83. The lowest BCUT2D eigenvalue weighted by atomic mass is 10.1. The van der Waals surface area contributed by atoms with Gasteiger partial charge in [0.2, 0.25) is 0 Å². The fraction of sp³-hybridized carbons (Fsp3) is 0. The van der Waals surface area contributed by atoms with Gasteiger partial charge in [-0.05, 0) is 6.07 Å². The number of nitrogens with zero attached hydrogens (tertiary/aromatic N) is 2. The van der Waals surface area contributed by atoms with Crippen molar-refractivity contribution in [1.82, 2.24) is 9.97 Å². The molecule has 0 bridgehead atoms. The van der Waals surface area contributed by atoms with Crippen LogP contribution in [0.15, 0.2) is 42.6 Å². The Labute approximate surface area is 90.2 Å². The van der Waals surface area contributed by atoms with Gasteiger partial charge in [-0.1, -0.05) is 30.3 Å². The van der Waals surface area contributed by atoms with E-state index in [9.17, 15) is 0 Å². The van der Waals surface area contributed by atoms with E-state index >= 15 is 0 Å². The van der Waals surface area contributed by atoms with Crippen molar-refractivity contribution in [3.63, 3.8) is 0 Å². The normalized spacial score (nSPS) is 9.92. The molecule has 0 aliphatic carbocycles. The standard InChI is InChI=1S/C10H7IN2/c11-10-12-7-6-9(13-10)8-4-2-1-3-5-8/h1-7H. The molecule has 2 rings (SSSR count). The zero-order valence-corrected chi connectivity index (χ0v) is 8.97. The average Bonchev–Trinajstić information content (AvgIpc) is 2.19. The molecule has 1 aromatic carbocycles. The van der Waals surface area contributed by atoms with Crippen molar-refractivity contribution in [1.29, 1.82) is 0 Å². The molecular formula is C10H7IN2. The number of rotatable bonds is 1. The zero-order valence-electron chi connectivity index (χ0n) is 6.81. The summed E-state index contributed by atoms with van der Waals surface area (Å²) in [5.41, 5.74) is 2.10. The molecule has 0 saturated heterocycles. The topological polar surface area (TPSA) is 25.8 Å². The Kier molecular flexibility index (Phi) is 2.54. The van der Waals surface area contributed by atoms with Crippen molar-refractivity contribution in [2.45, 2.75) is 0 Å². The molecule has 0 fully saturated rings. The monoisotopic (exact) mass is 282 g/mol. The summed E-state index contributed by atoms with van der Waals surface area (Å²) in [7, 11) is 0. The highest BCUT2D eigenvalue weighted by atomic mass is 127. The first kappa shape index (κ1) is 8.62. The maximum atomic E-state index is 4.32. The molecule has 3 heteroatoms. The van der Waals surface area contributed by atoms with Gasteiger partial charge in [-0.25, -0.2) is 9.97 Å². The van der Waals surface area contributed by atoms with E-state index < -0.39 is 0 Å². The molecule has 1 heterocycles. The minimum Gasteiger partial charge on any atom is -0.232 e. The van der Waals surface area contributed by atoms with Gasteiger partial charge < -0.3 is 0 Å². The van der Waals surface area contributed by atoms with Crippen LogP contribution in [0.4, 0.5) is 0 Å². The van der Waals surface area contributed by atoms with Gasteiger partial charge in [-0.15, -0.1) is 0 Å². The van der Waals surface area contributed by atoms with Gasteiger partial charge in [-0.3, -0.25) is 0 Å². The first-order valence-electron chi connectivity index (χ1n) is 3.90. The van der Waals surface area contributed by atoms with Crippen LogP contribution in [0.25, 0.3) is 11.3 Å². The molecule has 0 amide bonds. The fourth-order valence-electron chi connectivity index (χ4n) is 1.10. The van der Waals surface area contributed by atoms with Crippen LogP contribution in [0.2, 0.25) is 0 Å². The first-order valence-corrected chi connectivity index (χ1v) is 4.98. The summed E-state index contributed by atoms with van der Waals surface area (Å²) >= 11 is 2.11. The minimum atomic E-state index is 0.777. The Morgan fingerprint density at radius 2 is 1.77 bits per heavy atom. The highest BCUT2D eigenvalue weighted by Crippen LogP contribution is 2.15. The summed E-state index contributed by atoms with van der Waals surface area (Å²) in [6.45, 7) is 0. The minimum absolute atomic E-state index is 0.777. The predicted octanol–water partition coefficient (Wildman–Crippen LogP) is 2.75. The molecule has 1 aromatic heterocycles. The van der Waals surface area contributed by atoms with E-state index in [1.807, 2.05) is 36.4 Å². The maximum Gasteiger partial charge on any atom is 0.191 e. The third kappa shape index (κ3) is 2.03. The smallest absolute Gasteiger partial charge is 0.191 e. The second-order valence-corrected chi connectivity index (χ2v) is 3.54. The first-order chi connectivity index (χ1) is 6.36. The Balaban J connectivity index is 2.48. The number of aromatic nitrogens is 2. The molecule has 0 spiro atoms. The maximum absolute atomic E-state index is 4.32. The molecule has 0 aliphatic rings. The van der Waals surface area contributed by atoms with Gasteiger partial charge in [0.05, 0.1) is 5.69 Å². The Morgan fingerprint density at radius 1 is 1.00 bits per heavy atom. The van der Waals surface area contributed by atoms with E-state index in [2.05, 4.69) is 32.6 Å². The van der Waals surface area contributed by atoms with E-state index in [-0.39, 0.29) is 0 Å². The third-order valence-electron chi connectivity index (χ3n) is 1.70. The summed E-state index contributed by atoms with van der Waals surface area (Å²) in [6.07, 6.45) is 1.77. The van der Waals surface area contributed by atoms with Gasteiger partial charge >= 0.3 is 0 Å². The number of halogens is 1. The quantitative estimate of drug-likeness (QED) is 0.593. The number of hydrogen-bond acceptors (Lipinski definition) is 2. The summed E-state index contributed by atoms with van der Waals surface area (Å²) < 4.78 is 0.777. The summed E-state index contributed by atoms with van der Waals surface area (Å²) in [5, 5.41) is 0. The molecule has 0 unspecified atom stereocenters. The van der Waals surface area contributed by atoms with Gasteiger partial charge in [0.1, 0.15) is 0 Å². The fourth-order valence-corrected chi connectivity index (χ4v) is 1.53. The highest BCUT2D eigenvalue weighted by molar-refractivity contribution is 14.1. The van der Waals surface area contributed by atoms with Crippen LogP contribution < -0.4 is 0 Å². The zero-order chi connectivity index (χ0) is 9.10. The molecule has 13 heavy (non-hydrogen) atoms. The summed E-state index contributed by atoms with van der Waals surface area (Å²) in [5.74, 6) is 0. The van der Waals surface area contributed by atoms with Crippen molar-refractivity contribution in [3.05, 3.63) is 46.4 Å². The molecule has 64 valence electrons. The lowest BCUT2D eigenvalue weighted by Gasteiger charge is -1.98. The van der Waals surface area contributed by atoms with E-state index in [4.69, 9.17) is 0 Å². The molecule has 0 saturated carbocycles. The van der Waals surface area contributed by atoms with Gasteiger partial charge in [0, 0.05) is 34.4 Å². The van der Waals surface area contributed by atoms with Crippen molar-refractivity contribution < 1.29 is 0 Å². The SMILES string of the molecule is Ic1nccc(-c2ccccc2)n1. The van der Waals surface area contributed by atoms with Crippen molar-refractivity contribution in [2.24, 2.45) is 0 Å². The Hall–Kier alpha value is -0.970. The summed E-state index contributed by atoms with van der Waals surface area (Å²) in [4.78, 5) is 8.36. The molecular weight excluding hydrogens is 275 g/mol. The van der Waals surface area contributed by atoms with Crippen LogP contribution in [-0.4, -0.2) is 9.97 Å². The van der Waals surface area contributed by atoms with Crippen LogP contribution in [0.1, 0.15) is 0 Å². The lowest BCUT2D eigenvalue weighted by molar-refractivity contribution is 1.11. The summed E-state index contributed by atoms with van der Waals surface area (Å²) in [6, 6.07) is 12.0. The van der Waals surface area contributed by atoms with Crippen LogP contribution in [-0.2, 0) is 0 Å². The van der Waals surface area contributed by atoms with Crippen molar-refractivity contribution >= 4 is 22.6 Å². The van der Waals surface area contributed by atoms with E-state index in [1.165, 1.54) is 0 Å². The van der Waals surface area contributed by atoms with Crippen molar-refractivity contribution in [2.75, 3.05) is 0 Å². The van der Waals surface area contributed by atoms with Crippen molar-refractivity contribution in [3.8, 4) is 11.3 Å². The lowest BCUT2D eigenvalue weighted by Crippen LogP contribution is -1.88. The average molecular weight is 282 g/mol. The van der Waals surface area contributed by atoms with Gasteiger partial charge in [0.15, 0.2) is 3.83 Å². The largest absolute Gasteiger partial charge is 0.232 e.